The molecule has 0 saturated heterocycles. The summed E-state index contributed by atoms with van der Waals surface area (Å²) in [5.41, 5.74) is 6.21. The predicted octanol–water partition coefficient (Wildman–Crippen LogP) is 3.18. The Morgan fingerprint density at radius 2 is 1.95 bits per heavy atom. The first kappa shape index (κ1) is 14.9. The number of alkyl halides is 3. The van der Waals surface area contributed by atoms with E-state index in [0.717, 1.165) is 4.68 Å². The van der Waals surface area contributed by atoms with Crippen LogP contribution in [0.25, 0.3) is 11.4 Å². The zero-order valence-electron chi connectivity index (χ0n) is 9.82. The first-order valence-corrected chi connectivity index (χ1v) is 6.11. The van der Waals surface area contributed by atoms with Gasteiger partial charge in [-0.15, -0.1) is 5.10 Å². The number of aryl methyl sites for hydroxylation is 1. The lowest BCUT2D eigenvalue weighted by Crippen LogP contribution is -2.14. The van der Waals surface area contributed by atoms with Gasteiger partial charge >= 0.3 is 6.18 Å². The second kappa shape index (κ2) is 5.45. The standard InChI is InChI=1S/C10H8Cl2F3N5/c11-7-4-5(16)3-6(8(7)12)9-17-18-19-20(9)2-1-10(13,14)15/h3-4H,1-2,16H2. The van der Waals surface area contributed by atoms with E-state index in [1.54, 1.807) is 0 Å². The van der Waals surface area contributed by atoms with Gasteiger partial charge < -0.3 is 5.73 Å². The molecule has 2 N–H and O–H groups in total. The van der Waals surface area contributed by atoms with Gasteiger partial charge in [-0.1, -0.05) is 23.2 Å². The molecule has 1 heterocycles. The van der Waals surface area contributed by atoms with Crippen molar-refractivity contribution in [2.24, 2.45) is 0 Å². The van der Waals surface area contributed by atoms with Crippen molar-refractivity contribution in [2.75, 3.05) is 5.73 Å². The Balaban J connectivity index is 2.37. The fourth-order valence-electron chi connectivity index (χ4n) is 1.55. The molecular formula is C10H8Cl2F3N5. The summed E-state index contributed by atoms with van der Waals surface area (Å²) in [6.45, 7) is -0.422. The smallest absolute Gasteiger partial charge is 0.390 e. The molecule has 1 aromatic heterocycles. The lowest BCUT2D eigenvalue weighted by Gasteiger charge is -2.09. The van der Waals surface area contributed by atoms with Crippen LogP contribution in [0.2, 0.25) is 10.0 Å². The lowest BCUT2D eigenvalue weighted by molar-refractivity contribution is -0.137. The van der Waals surface area contributed by atoms with Crippen LogP contribution in [0.3, 0.4) is 0 Å². The molecule has 0 atom stereocenters. The van der Waals surface area contributed by atoms with Gasteiger partial charge in [0.15, 0.2) is 5.82 Å². The van der Waals surface area contributed by atoms with Crippen LogP contribution in [-0.4, -0.2) is 26.4 Å². The minimum atomic E-state index is -4.31. The zero-order valence-corrected chi connectivity index (χ0v) is 11.3. The van der Waals surface area contributed by atoms with E-state index < -0.39 is 19.1 Å². The SMILES string of the molecule is Nc1cc(Cl)c(Cl)c(-c2nnnn2CCC(F)(F)F)c1. The second-order valence-electron chi connectivity index (χ2n) is 3.96. The summed E-state index contributed by atoms with van der Waals surface area (Å²) in [5, 5.41) is 10.8. The van der Waals surface area contributed by atoms with Crippen molar-refractivity contribution in [3.05, 3.63) is 22.2 Å². The fraction of sp³-hybridized carbons (Fsp3) is 0.300. The number of nitrogens with two attached hydrogens (primary N) is 1. The molecule has 1 aromatic carbocycles. The Labute approximate surface area is 121 Å². The average Bonchev–Trinajstić information content (AvgIpc) is 2.78. The highest BCUT2D eigenvalue weighted by atomic mass is 35.5. The molecule has 2 rings (SSSR count). The van der Waals surface area contributed by atoms with Crippen molar-refractivity contribution >= 4 is 28.9 Å². The highest BCUT2D eigenvalue weighted by molar-refractivity contribution is 6.43. The molecule has 20 heavy (non-hydrogen) atoms. The van der Waals surface area contributed by atoms with E-state index in [1.807, 2.05) is 0 Å². The van der Waals surface area contributed by atoms with E-state index in [-0.39, 0.29) is 21.4 Å². The van der Waals surface area contributed by atoms with E-state index in [4.69, 9.17) is 28.9 Å². The minimum Gasteiger partial charge on any atom is -0.399 e. The van der Waals surface area contributed by atoms with Crippen LogP contribution in [0.15, 0.2) is 12.1 Å². The molecule has 0 amide bonds. The van der Waals surface area contributed by atoms with Crippen LogP contribution in [-0.2, 0) is 6.54 Å². The van der Waals surface area contributed by atoms with E-state index in [9.17, 15) is 13.2 Å². The summed E-state index contributed by atoms with van der Waals surface area (Å²) in [7, 11) is 0. The van der Waals surface area contributed by atoms with Crippen molar-refractivity contribution in [3.8, 4) is 11.4 Å². The second-order valence-corrected chi connectivity index (χ2v) is 4.74. The summed E-state index contributed by atoms with van der Waals surface area (Å²) in [4.78, 5) is 0. The quantitative estimate of drug-likeness (QED) is 0.880. The lowest BCUT2D eigenvalue weighted by atomic mass is 10.2. The van der Waals surface area contributed by atoms with Gasteiger partial charge in [-0.25, -0.2) is 4.68 Å². The Hall–Kier alpha value is -1.54. The molecule has 0 spiro atoms. The monoisotopic (exact) mass is 325 g/mol. The summed E-state index contributed by atoms with van der Waals surface area (Å²) < 4.78 is 37.7. The summed E-state index contributed by atoms with van der Waals surface area (Å²) in [6.07, 6.45) is -5.36. The number of tetrazole rings is 1. The first-order chi connectivity index (χ1) is 9.28. The number of anilines is 1. The van der Waals surface area contributed by atoms with Crippen molar-refractivity contribution in [3.63, 3.8) is 0 Å². The van der Waals surface area contributed by atoms with Crippen LogP contribution in [0.5, 0.6) is 0 Å². The average molecular weight is 326 g/mol. The third kappa shape index (κ3) is 3.31. The van der Waals surface area contributed by atoms with Crippen molar-refractivity contribution in [1.29, 1.82) is 0 Å². The molecule has 0 unspecified atom stereocenters. The van der Waals surface area contributed by atoms with E-state index in [0.29, 0.717) is 5.69 Å². The highest BCUT2D eigenvalue weighted by Crippen LogP contribution is 2.34. The predicted molar refractivity (Wildman–Crippen MR) is 68.4 cm³/mol. The van der Waals surface area contributed by atoms with Gasteiger partial charge in [0.1, 0.15) is 0 Å². The van der Waals surface area contributed by atoms with Gasteiger partial charge in [0.25, 0.3) is 0 Å². The van der Waals surface area contributed by atoms with E-state index in [2.05, 4.69) is 15.5 Å². The van der Waals surface area contributed by atoms with Crippen LogP contribution in [0, 0.1) is 0 Å². The molecule has 0 radical (unpaired) electrons. The molecule has 0 aliphatic heterocycles. The normalized spacial score (nSPS) is 11.8. The number of benzene rings is 1. The first-order valence-electron chi connectivity index (χ1n) is 5.36. The van der Waals surface area contributed by atoms with E-state index >= 15 is 0 Å². The Bertz CT molecular complexity index is 626. The molecular weight excluding hydrogens is 318 g/mol. The third-order valence-electron chi connectivity index (χ3n) is 2.43. The van der Waals surface area contributed by atoms with Gasteiger partial charge in [-0.2, -0.15) is 13.2 Å². The van der Waals surface area contributed by atoms with Gasteiger partial charge in [0.2, 0.25) is 0 Å². The Morgan fingerprint density at radius 3 is 2.60 bits per heavy atom. The molecule has 0 aliphatic carbocycles. The van der Waals surface area contributed by atoms with Crippen molar-refractivity contribution in [2.45, 2.75) is 19.1 Å². The third-order valence-corrected chi connectivity index (χ3v) is 3.23. The number of rotatable bonds is 3. The summed E-state index contributed by atoms with van der Waals surface area (Å²) >= 11 is 11.9. The van der Waals surface area contributed by atoms with Crippen molar-refractivity contribution < 1.29 is 13.2 Å². The molecule has 0 aliphatic rings. The number of hydrogen-bond acceptors (Lipinski definition) is 4. The molecule has 2 aromatic rings. The van der Waals surface area contributed by atoms with Gasteiger partial charge in [0.05, 0.1) is 23.0 Å². The maximum absolute atomic E-state index is 12.2. The van der Waals surface area contributed by atoms with E-state index in [1.165, 1.54) is 12.1 Å². The molecule has 10 heteroatoms. The van der Waals surface area contributed by atoms with Crippen LogP contribution in [0.4, 0.5) is 18.9 Å². The number of halogens is 5. The zero-order chi connectivity index (χ0) is 14.9. The minimum absolute atomic E-state index is 0.0773. The van der Waals surface area contributed by atoms with Crippen LogP contribution in [0.1, 0.15) is 6.42 Å². The van der Waals surface area contributed by atoms with Gasteiger partial charge in [0, 0.05) is 11.3 Å². The largest absolute Gasteiger partial charge is 0.399 e. The number of hydrogen-bond donors (Lipinski definition) is 1. The Kier molecular flexibility index (Phi) is 4.05. The fourth-order valence-corrected chi connectivity index (χ4v) is 1.97. The van der Waals surface area contributed by atoms with Gasteiger partial charge in [-0.05, 0) is 22.6 Å². The topological polar surface area (TPSA) is 69.6 Å². The summed E-state index contributed by atoms with van der Waals surface area (Å²) in [5.74, 6) is 0.0773. The number of nitrogens with zero attached hydrogens (tertiary/aromatic N) is 4. The maximum atomic E-state index is 12.2. The van der Waals surface area contributed by atoms with Crippen LogP contribution >= 0.6 is 23.2 Å². The van der Waals surface area contributed by atoms with Gasteiger partial charge in [-0.3, -0.25) is 0 Å². The summed E-state index contributed by atoms with van der Waals surface area (Å²) in [6, 6.07) is 2.88. The maximum Gasteiger partial charge on any atom is 0.390 e. The van der Waals surface area contributed by atoms with Crippen molar-refractivity contribution in [1.82, 2.24) is 20.2 Å². The molecule has 0 bridgehead atoms. The number of nitrogen functional groups attached to an aromatic ring is 1. The molecule has 108 valence electrons. The molecule has 5 nitrogen and oxygen atoms in total. The highest BCUT2D eigenvalue weighted by Gasteiger charge is 2.28. The molecule has 0 saturated carbocycles. The van der Waals surface area contributed by atoms with Crippen LogP contribution < -0.4 is 5.73 Å². The molecule has 0 fully saturated rings. The number of aromatic nitrogens is 4. The Morgan fingerprint density at radius 1 is 1.25 bits per heavy atom.